The van der Waals surface area contributed by atoms with Gasteiger partial charge in [-0.3, -0.25) is 4.79 Å². The summed E-state index contributed by atoms with van der Waals surface area (Å²) in [4.78, 5) is 23.0. The maximum absolute atomic E-state index is 11.9. The molecule has 2 atom stereocenters. The highest BCUT2D eigenvalue weighted by molar-refractivity contribution is 5.95. The highest BCUT2D eigenvalue weighted by Gasteiger charge is 2.20. The predicted molar refractivity (Wildman–Crippen MR) is 77.0 cm³/mol. The molecule has 0 aromatic heterocycles. The molecule has 2 amide bonds. The van der Waals surface area contributed by atoms with Crippen molar-refractivity contribution < 1.29 is 14.3 Å². The molecule has 1 saturated heterocycles. The highest BCUT2D eigenvalue weighted by atomic mass is 16.5. The molecule has 5 heteroatoms. The maximum atomic E-state index is 11.9. The van der Waals surface area contributed by atoms with Crippen molar-refractivity contribution in [3.8, 4) is 0 Å². The number of carbonyl (C=O) groups excluding carboxylic acids is 2. The van der Waals surface area contributed by atoms with Gasteiger partial charge in [-0.25, -0.2) is 4.79 Å². The molecule has 1 aromatic rings. The van der Waals surface area contributed by atoms with E-state index in [1.54, 1.807) is 24.3 Å². The van der Waals surface area contributed by atoms with Crippen molar-refractivity contribution in [2.75, 3.05) is 11.9 Å². The van der Waals surface area contributed by atoms with Crippen LogP contribution < -0.4 is 10.6 Å². The summed E-state index contributed by atoms with van der Waals surface area (Å²) in [6.07, 6.45) is 1.85. The van der Waals surface area contributed by atoms with Crippen molar-refractivity contribution in [3.63, 3.8) is 0 Å². The Balaban J connectivity index is 1.86. The summed E-state index contributed by atoms with van der Waals surface area (Å²) in [7, 11) is 0. The maximum Gasteiger partial charge on any atom is 0.319 e. The number of hydrogen-bond acceptors (Lipinski definition) is 3. The van der Waals surface area contributed by atoms with Gasteiger partial charge in [0.2, 0.25) is 0 Å². The molecule has 2 N–H and O–H groups in total. The lowest BCUT2D eigenvalue weighted by Gasteiger charge is -2.27. The van der Waals surface area contributed by atoms with Crippen LogP contribution in [0.25, 0.3) is 0 Å². The van der Waals surface area contributed by atoms with E-state index in [0.29, 0.717) is 17.9 Å². The third kappa shape index (κ3) is 4.06. The molecule has 0 aliphatic carbocycles. The Morgan fingerprint density at radius 3 is 2.55 bits per heavy atom. The van der Waals surface area contributed by atoms with Gasteiger partial charge < -0.3 is 15.4 Å². The van der Waals surface area contributed by atoms with Gasteiger partial charge in [0.05, 0.1) is 6.10 Å². The standard InChI is InChI=1S/C15H20N2O3/c1-10-9-14(7-8-20-10)17-15(19)16-13-5-3-12(4-6-13)11(2)18/h3-6,10,14H,7-9H2,1-2H3,(H2,16,17,19). The second-order valence-corrected chi connectivity index (χ2v) is 5.13. The summed E-state index contributed by atoms with van der Waals surface area (Å²) in [6.45, 7) is 4.20. The molecule has 2 rings (SSSR count). The molecule has 108 valence electrons. The number of benzene rings is 1. The van der Waals surface area contributed by atoms with Gasteiger partial charge in [-0.2, -0.15) is 0 Å². The number of ketones is 1. The fourth-order valence-electron chi connectivity index (χ4n) is 2.27. The van der Waals surface area contributed by atoms with Crippen molar-refractivity contribution in [2.45, 2.75) is 38.8 Å². The molecule has 0 bridgehead atoms. The topological polar surface area (TPSA) is 67.4 Å². The third-order valence-corrected chi connectivity index (χ3v) is 3.37. The summed E-state index contributed by atoms with van der Waals surface area (Å²) in [5, 5.41) is 5.71. The van der Waals surface area contributed by atoms with Crippen molar-refractivity contribution in [1.82, 2.24) is 5.32 Å². The Morgan fingerprint density at radius 1 is 1.25 bits per heavy atom. The number of Topliss-reactive ketones (excluding diaryl/α,β-unsaturated/α-hetero) is 1. The van der Waals surface area contributed by atoms with Crippen molar-refractivity contribution in [3.05, 3.63) is 29.8 Å². The van der Waals surface area contributed by atoms with Crippen LogP contribution in [0, 0.1) is 0 Å². The Hall–Kier alpha value is -1.88. The van der Waals surface area contributed by atoms with E-state index in [4.69, 9.17) is 4.74 Å². The zero-order valence-electron chi connectivity index (χ0n) is 11.8. The minimum atomic E-state index is -0.223. The average molecular weight is 276 g/mol. The molecule has 0 spiro atoms. The second kappa shape index (κ2) is 6.52. The Morgan fingerprint density at radius 2 is 1.95 bits per heavy atom. The summed E-state index contributed by atoms with van der Waals surface area (Å²) < 4.78 is 5.44. The van der Waals surface area contributed by atoms with Crippen LogP contribution in [-0.2, 0) is 4.74 Å². The minimum absolute atomic E-state index is 0.0113. The van der Waals surface area contributed by atoms with E-state index in [-0.39, 0.29) is 24.0 Å². The molecule has 1 aliphatic rings. The number of ether oxygens (including phenoxy) is 1. The summed E-state index contributed by atoms with van der Waals surface area (Å²) in [5.41, 5.74) is 1.31. The Kier molecular flexibility index (Phi) is 4.74. The van der Waals surface area contributed by atoms with Crippen LogP contribution in [0.3, 0.4) is 0 Å². The number of anilines is 1. The molecule has 20 heavy (non-hydrogen) atoms. The van der Waals surface area contributed by atoms with E-state index in [2.05, 4.69) is 10.6 Å². The molecular formula is C15H20N2O3. The SMILES string of the molecule is CC(=O)c1ccc(NC(=O)NC2CCOC(C)C2)cc1. The van der Waals surface area contributed by atoms with Crippen molar-refractivity contribution in [2.24, 2.45) is 0 Å². The van der Waals surface area contributed by atoms with E-state index in [0.717, 1.165) is 12.8 Å². The first-order valence-corrected chi connectivity index (χ1v) is 6.84. The smallest absolute Gasteiger partial charge is 0.319 e. The molecule has 0 radical (unpaired) electrons. The van der Waals surface area contributed by atoms with Crippen LogP contribution in [-0.4, -0.2) is 30.6 Å². The molecule has 1 aliphatic heterocycles. The molecular weight excluding hydrogens is 256 g/mol. The van der Waals surface area contributed by atoms with E-state index in [9.17, 15) is 9.59 Å². The molecule has 1 aromatic carbocycles. The number of hydrogen-bond donors (Lipinski definition) is 2. The van der Waals surface area contributed by atoms with Gasteiger partial charge in [0.1, 0.15) is 0 Å². The fourth-order valence-corrected chi connectivity index (χ4v) is 2.27. The van der Waals surface area contributed by atoms with Gasteiger partial charge in [0.25, 0.3) is 0 Å². The third-order valence-electron chi connectivity index (χ3n) is 3.37. The van der Waals surface area contributed by atoms with Crippen molar-refractivity contribution >= 4 is 17.5 Å². The second-order valence-electron chi connectivity index (χ2n) is 5.13. The summed E-state index contributed by atoms with van der Waals surface area (Å²) in [5.74, 6) is 0.0113. The lowest BCUT2D eigenvalue weighted by molar-refractivity contribution is 0.0157. The van der Waals surface area contributed by atoms with Gasteiger partial charge in [0.15, 0.2) is 5.78 Å². The quantitative estimate of drug-likeness (QED) is 0.834. The molecule has 0 saturated carbocycles. The molecule has 2 unspecified atom stereocenters. The van der Waals surface area contributed by atoms with Crippen LogP contribution in [0.15, 0.2) is 24.3 Å². The zero-order valence-corrected chi connectivity index (χ0v) is 11.8. The molecule has 1 heterocycles. The normalized spacial score (nSPS) is 22.1. The largest absolute Gasteiger partial charge is 0.378 e. The molecule has 1 fully saturated rings. The predicted octanol–water partition coefficient (Wildman–Crippen LogP) is 2.58. The summed E-state index contributed by atoms with van der Waals surface area (Å²) in [6, 6.07) is 6.78. The number of urea groups is 1. The van der Waals surface area contributed by atoms with Gasteiger partial charge in [0, 0.05) is 23.9 Å². The van der Waals surface area contributed by atoms with Gasteiger partial charge in [-0.15, -0.1) is 0 Å². The van der Waals surface area contributed by atoms with Gasteiger partial charge in [-0.05, 0) is 51.0 Å². The van der Waals surface area contributed by atoms with Crippen LogP contribution in [0.2, 0.25) is 0 Å². The van der Waals surface area contributed by atoms with E-state index in [1.165, 1.54) is 6.92 Å². The fraction of sp³-hybridized carbons (Fsp3) is 0.467. The van der Waals surface area contributed by atoms with Gasteiger partial charge in [-0.1, -0.05) is 0 Å². The van der Waals surface area contributed by atoms with Crippen molar-refractivity contribution in [1.29, 1.82) is 0 Å². The minimum Gasteiger partial charge on any atom is -0.378 e. The first-order valence-electron chi connectivity index (χ1n) is 6.84. The van der Waals surface area contributed by atoms with Crippen LogP contribution >= 0.6 is 0 Å². The van der Waals surface area contributed by atoms with Crippen LogP contribution in [0.5, 0.6) is 0 Å². The zero-order chi connectivity index (χ0) is 14.5. The number of nitrogens with one attached hydrogen (secondary N) is 2. The van der Waals surface area contributed by atoms with Crippen LogP contribution in [0.1, 0.15) is 37.0 Å². The first-order chi connectivity index (χ1) is 9.54. The monoisotopic (exact) mass is 276 g/mol. The van der Waals surface area contributed by atoms with E-state index < -0.39 is 0 Å². The van der Waals surface area contributed by atoms with Gasteiger partial charge >= 0.3 is 6.03 Å². The highest BCUT2D eigenvalue weighted by Crippen LogP contribution is 2.14. The molecule has 5 nitrogen and oxygen atoms in total. The Bertz CT molecular complexity index is 484. The summed E-state index contributed by atoms with van der Waals surface area (Å²) >= 11 is 0. The number of rotatable bonds is 3. The van der Waals surface area contributed by atoms with Crippen LogP contribution in [0.4, 0.5) is 10.5 Å². The average Bonchev–Trinajstić information content (AvgIpc) is 2.39. The lowest BCUT2D eigenvalue weighted by atomic mass is 10.0. The Labute approximate surface area is 118 Å². The lowest BCUT2D eigenvalue weighted by Crippen LogP contribution is -2.43. The van der Waals surface area contributed by atoms with E-state index in [1.807, 2.05) is 6.92 Å². The number of carbonyl (C=O) groups is 2. The van der Waals surface area contributed by atoms with E-state index >= 15 is 0 Å². The first kappa shape index (κ1) is 14.5. The number of amides is 2.